The lowest BCUT2D eigenvalue weighted by atomic mass is 9.85. The van der Waals surface area contributed by atoms with Gasteiger partial charge in [0.25, 0.3) is 0 Å². The van der Waals surface area contributed by atoms with Gasteiger partial charge in [0.15, 0.2) is 0 Å². The van der Waals surface area contributed by atoms with Crippen LogP contribution in [0.5, 0.6) is 0 Å². The van der Waals surface area contributed by atoms with Gasteiger partial charge in [0.2, 0.25) is 5.91 Å². The number of hydrogen-bond acceptors (Lipinski definition) is 3. The van der Waals surface area contributed by atoms with Crippen molar-refractivity contribution in [1.29, 1.82) is 0 Å². The van der Waals surface area contributed by atoms with Crippen LogP contribution in [0.3, 0.4) is 0 Å². The minimum Gasteiger partial charge on any atom is -0.396 e. The van der Waals surface area contributed by atoms with Crippen molar-refractivity contribution >= 4 is 5.91 Å². The van der Waals surface area contributed by atoms with Crippen molar-refractivity contribution in [3.05, 3.63) is 0 Å². The molecular formula is C15H28N2O2. The molecule has 1 atom stereocenters. The quantitative estimate of drug-likeness (QED) is 0.768. The van der Waals surface area contributed by atoms with E-state index in [0.29, 0.717) is 0 Å². The van der Waals surface area contributed by atoms with Gasteiger partial charge in [-0.05, 0) is 38.6 Å². The van der Waals surface area contributed by atoms with Crippen molar-refractivity contribution < 1.29 is 9.90 Å². The van der Waals surface area contributed by atoms with Gasteiger partial charge >= 0.3 is 0 Å². The summed E-state index contributed by atoms with van der Waals surface area (Å²) >= 11 is 0. The maximum absolute atomic E-state index is 12.5. The molecule has 4 nitrogen and oxygen atoms in total. The van der Waals surface area contributed by atoms with Crippen LogP contribution < -0.4 is 5.32 Å². The lowest BCUT2D eigenvalue weighted by molar-refractivity contribution is -0.138. The van der Waals surface area contributed by atoms with Crippen LogP contribution in [0.2, 0.25) is 0 Å². The van der Waals surface area contributed by atoms with E-state index < -0.39 is 0 Å². The molecule has 0 aromatic rings. The van der Waals surface area contributed by atoms with Crippen LogP contribution >= 0.6 is 0 Å². The predicted molar refractivity (Wildman–Crippen MR) is 75.9 cm³/mol. The Morgan fingerprint density at radius 2 is 2.11 bits per heavy atom. The van der Waals surface area contributed by atoms with Crippen LogP contribution in [0.25, 0.3) is 0 Å². The molecule has 1 aliphatic heterocycles. The Morgan fingerprint density at radius 1 is 1.37 bits per heavy atom. The van der Waals surface area contributed by atoms with E-state index in [1.807, 2.05) is 4.90 Å². The van der Waals surface area contributed by atoms with Gasteiger partial charge in [0.05, 0.1) is 12.6 Å². The van der Waals surface area contributed by atoms with Gasteiger partial charge in [-0.25, -0.2) is 0 Å². The Labute approximate surface area is 116 Å². The summed E-state index contributed by atoms with van der Waals surface area (Å²) in [4.78, 5) is 14.5. The maximum Gasteiger partial charge on any atom is 0.239 e. The topological polar surface area (TPSA) is 52.6 Å². The Morgan fingerprint density at radius 3 is 2.74 bits per heavy atom. The molecule has 1 unspecified atom stereocenters. The standard InChI is InChI=1S/C15H28N2O2/c1-2-9-16-13-6-5-10-17(14(13)19)11-15(12-18)7-3-4-8-15/h13,16,18H,2-12H2,1H3. The van der Waals surface area contributed by atoms with E-state index in [-0.39, 0.29) is 24.0 Å². The van der Waals surface area contributed by atoms with Crippen molar-refractivity contribution in [2.45, 2.75) is 57.9 Å². The van der Waals surface area contributed by atoms with E-state index in [0.717, 1.165) is 51.7 Å². The highest BCUT2D eigenvalue weighted by Crippen LogP contribution is 2.38. The zero-order valence-electron chi connectivity index (χ0n) is 12.2. The second kappa shape index (κ2) is 6.71. The largest absolute Gasteiger partial charge is 0.396 e. The molecule has 0 radical (unpaired) electrons. The van der Waals surface area contributed by atoms with E-state index in [1.54, 1.807) is 0 Å². The molecule has 19 heavy (non-hydrogen) atoms. The number of aliphatic hydroxyl groups is 1. The summed E-state index contributed by atoms with van der Waals surface area (Å²) in [5, 5.41) is 13.0. The molecule has 1 saturated carbocycles. The Balaban J connectivity index is 1.93. The minimum atomic E-state index is -0.0116. The second-order valence-electron chi connectivity index (χ2n) is 6.27. The third kappa shape index (κ3) is 3.48. The molecule has 2 aliphatic rings. The van der Waals surface area contributed by atoms with Gasteiger partial charge in [-0.1, -0.05) is 19.8 Å². The number of hydrogen-bond donors (Lipinski definition) is 2. The molecule has 1 heterocycles. The zero-order valence-corrected chi connectivity index (χ0v) is 12.2. The SMILES string of the molecule is CCCNC1CCCN(CC2(CO)CCCC2)C1=O. The molecule has 0 aromatic heterocycles. The van der Waals surface area contributed by atoms with Crippen LogP contribution in [-0.4, -0.2) is 48.2 Å². The Kier molecular flexibility index (Phi) is 5.22. The molecule has 0 spiro atoms. The molecular weight excluding hydrogens is 240 g/mol. The highest BCUT2D eigenvalue weighted by Gasteiger charge is 2.38. The van der Waals surface area contributed by atoms with E-state index in [4.69, 9.17) is 0 Å². The maximum atomic E-state index is 12.5. The fraction of sp³-hybridized carbons (Fsp3) is 0.933. The van der Waals surface area contributed by atoms with Crippen LogP contribution in [0.4, 0.5) is 0 Å². The number of amides is 1. The Bertz CT molecular complexity index is 301. The van der Waals surface area contributed by atoms with E-state index in [1.165, 1.54) is 12.8 Å². The van der Waals surface area contributed by atoms with Gasteiger partial charge in [-0.2, -0.15) is 0 Å². The molecule has 2 N–H and O–H groups in total. The van der Waals surface area contributed by atoms with E-state index >= 15 is 0 Å². The number of nitrogens with one attached hydrogen (secondary N) is 1. The molecule has 0 bridgehead atoms. The third-order valence-electron chi connectivity index (χ3n) is 4.70. The van der Waals surface area contributed by atoms with E-state index in [2.05, 4.69) is 12.2 Å². The van der Waals surface area contributed by atoms with Crippen molar-refractivity contribution in [1.82, 2.24) is 10.2 Å². The van der Waals surface area contributed by atoms with Gasteiger partial charge in [0.1, 0.15) is 0 Å². The summed E-state index contributed by atoms with van der Waals surface area (Å²) in [5.41, 5.74) is -0.0116. The first-order valence-electron chi connectivity index (χ1n) is 7.84. The minimum absolute atomic E-state index is 0.00541. The van der Waals surface area contributed by atoms with Crippen LogP contribution in [0, 0.1) is 5.41 Å². The first-order chi connectivity index (χ1) is 9.21. The van der Waals surface area contributed by atoms with Crippen LogP contribution in [0.15, 0.2) is 0 Å². The van der Waals surface area contributed by atoms with Crippen molar-refractivity contribution in [3.63, 3.8) is 0 Å². The third-order valence-corrected chi connectivity index (χ3v) is 4.70. The van der Waals surface area contributed by atoms with E-state index in [9.17, 15) is 9.90 Å². The highest BCUT2D eigenvalue weighted by atomic mass is 16.3. The first kappa shape index (κ1) is 14.8. The van der Waals surface area contributed by atoms with Gasteiger partial charge in [-0.3, -0.25) is 4.79 Å². The van der Waals surface area contributed by atoms with Crippen molar-refractivity contribution in [3.8, 4) is 0 Å². The smallest absolute Gasteiger partial charge is 0.239 e. The lowest BCUT2D eigenvalue weighted by Crippen LogP contribution is -2.53. The molecule has 2 fully saturated rings. The summed E-state index contributed by atoms with van der Waals surface area (Å²) in [6.07, 6.45) is 7.63. The summed E-state index contributed by atoms with van der Waals surface area (Å²) in [5.74, 6) is 0.249. The number of likely N-dealkylation sites (tertiary alicyclic amines) is 1. The average Bonchev–Trinajstić information content (AvgIpc) is 2.89. The van der Waals surface area contributed by atoms with Gasteiger partial charge in [0, 0.05) is 18.5 Å². The van der Waals surface area contributed by atoms with Crippen molar-refractivity contribution in [2.75, 3.05) is 26.2 Å². The molecule has 110 valence electrons. The lowest BCUT2D eigenvalue weighted by Gasteiger charge is -2.38. The number of carbonyl (C=O) groups is 1. The monoisotopic (exact) mass is 268 g/mol. The molecule has 0 aromatic carbocycles. The van der Waals surface area contributed by atoms with Gasteiger partial charge < -0.3 is 15.3 Å². The summed E-state index contributed by atoms with van der Waals surface area (Å²) in [6.45, 7) is 4.88. The highest BCUT2D eigenvalue weighted by molar-refractivity contribution is 5.82. The zero-order chi connectivity index (χ0) is 13.7. The normalized spacial score (nSPS) is 26.9. The molecule has 2 rings (SSSR count). The van der Waals surface area contributed by atoms with Crippen LogP contribution in [-0.2, 0) is 4.79 Å². The summed E-state index contributed by atoms with van der Waals surface area (Å²) in [7, 11) is 0. The van der Waals surface area contributed by atoms with Crippen LogP contribution in [0.1, 0.15) is 51.9 Å². The molecule has 1 aliphatic carbocycles. The number of aliphatic hydroxyl groups excluding tert-OH is 1. The first-order valence-corrected chi connectivity index (χ1v) is 7.84. The second-order valence-corrected chi connectivity index (χ2v) is 6.27. The number of piperidine rings is 1. The number of rotatable bonds is 6. The fourth-order valence-corrected chi connectivity index (χ4v) is 3.50. The molecule has 4 heteroatoms. The molecule has 1 saturated heterocycles. The average molecular weight is 268 g/mol. The Hall–Kier alpha value is -0.610. The number of carbonyl (C=O) groups excluding carboxylic acids is 1. The van der Waals surface area contributed by atoms with Gasteiger partial charge in [-0.15, -0.1) is 0 Å². The summed E-state index contributed by atoms with van der Waals surface area (Å²) in [6, 6.07) is 0.00541. The van der Waals surface area contributed by atoms with Crippen molar-refractivity contribution in [2.24, 2.45) is 5.41 Å². The summed E-state index contributed by atoms with van der Waals surface area (Å²) < 4.78 is 0. The molecule has 1 amide bonds. The predicted octanol–water partition coefficient (Wildman–Crippen LogP) is 1.53. The fourth-order valence-electron chi connectivity index (χ4n) is 3.50. The number of nitrogens with zero attached hydrogens (tertiary/aromatic N) is 1.